The molecule has 2 N–H and O–H groups in total. The van der Waals surface area contributed by atoms with E-state index in [1.807, 2.05) is 44.2 Å². The van der Waals surface area contributed by atoms with Crippen molar-refractivity contribution in [1.82, 2.24) is 10.1 Å². The molecule has 0 bridgehead atoms. The van der Waals surface area contributed by atoms with Gasteiger partial charge in [-0.05, 0) is 31.5 Å². The van der Waals surface area contributed by atoms with E-state index in [4.69, 9.17) is 4.52 Å². The number of nitrogens with one attached hydrogen (secondary N) is 2. The molecule has 1 aromatic carbocycles. The van der Waals surface area contributed by atoms with Crippen molar-refractivity contribution in [2.45, 2.75) is 20.3 Å². The van der Waals surface area contributed by atoms with Crippen molar-refractivity contribution in [3.05, 3.63) is 65.5 Å². The molecule has 2 heterocycles. The largest absolute Gasteiger partial charge is 0.360 e. The number of rotatable bonds is 5. The molecule has 0 saturated heterocycles. The third-order valence-corrected chi connectivity index (χ3v) is 3.42. The first-order chi connectivity index (χ1) is 11.6. The summed E-state index contributed by atoms with van der Waals surface area (Å²) >= 11 is 0. The third kappa shape index (κ3) is 4.19. The summed E-state index contributed by atoms with van der Waals surface area (Å²) in [5.74, 6) is 1.75. The number of carbonyl (C=O) groups excluding carboxylic acids is 1. The standard InChI is InChI=1S/C18H18N4O2/c1-12-3-5-14(6-4-12)10-18(23)21-16-8-7-15(11-19-16)20-17-9-13(2)24-22-17/h3-9,11H,10H2,1-2H3,(H,20,22)(H,19,21,23). The van der Waals surface area contributed by atoms with E-state index in [2.05, 4.69) is 20.8 Å². The number of hydrogen-bond donors (Lipinski definition) is 2. The minimum atomic E-state index is -0.0980. The van der Waals surface area contributed by atoms with E-state index in [1.54, 1.807) is 18.3 Å². The minimum absolute atomic E-state index is 0.0980. The molecule has 0 atom stereocenters. The Labute approximate surface area is 139 Å². The van der Waals surface area contributed by atoms with Gasteiger partial charge < -0.3 is 15.2 Å². The smallest absolute Gasteiger partial charge is 0.229 e. The lowest BCUT2D eigenvalue weighted by Gasteiger charge is -2.06. The topological polar surface area (TPSA) is 80.0 Å². The number of nitrogens with zero attached hydrogens (tertiary/aromatic N) is 2. The highest BCUT2D eigenvalue weighted by Crippen LogP contribution is 2.16. The van der Waals surface area contributed by atoms with Gasteiger partial charge in [-0.25, -0.2) is 4.98 Å². The first-order valence-electron chi connectivity index (χ1n) is 7.60. The summed E-state index contributed by atoms with van der Waals surface area (Å²) in [4.78, 5) is 16.3. The van der Waals surface area contributed by atoms with Crippen LogP contribution in [-0.4, -0.2) is 16.0 Å². The van der Waals surface area contributed by atoms with Gasteiger partial charge in [0.2, 0.25) is 5.91 Å². The molecule has 0 spiro atoms. The first-order valence-corrected chi connectivity index (χ1v) is 7.60. The second kappa shape index (κ2) is 6.95. The van der Waals surface area contributed by atoms with Crippen LogP contribution in [0.2, 0.25) is 0 Å². The molecule has 2 aromatic heterocycles. The summed E-state index contributed by atoms with van der Waals surface area (Å²) < 4.78 is 4.99. The van der Waals surface area contributed by atoms with Crippen LogP contribution >= 0.6 is 0 Å². The lowest BCUT2D eigenvalue weighted by Crippen LogP contribution is -2.15. The molecule has 0 radical (unpaired) electrons. The van der Waals surface area contributed by atoms with Crippen LogP contribution in [0.25, 0.3) is 0 Å². The van der Waals surface area contributed by atoms with E-state index in [9.17, 15) is 4.79 Å². The Morgan fingerprint density at radius 3 is 2.50 bits per heavy atom. The van der Waals surface area contributed by atoms with Crippen molar-refractivity contribution in [3.63, 3.8) is 0 Å². The van der Waals surface area contributed by atoms with Gasteiger partial charge in [-0.3, -0.25) is 4.79 Å². The average molecular weight is 322 g/mol. The maximum absolute atomic E-state index is 12.1. The Morgan fingerprint density at radius 2 is 1.88 bits per heavy atom. The van der Waals surface area contributed by atoms with Crippen molar-refractivity contribution >= 4 is 23.2 Å². The molecule has 3 rings (SSSR count). The van der Waals surface area contributed by atoms with Crippen LogP contribution in [0.1, 0.15) is 16.9 Å². The van der Waals surface area contributed by atoms with Crippen molar-refractivity contribution in [2.75, 3.05) is 10.6 Å². The SMILES string of the molecule is Cc1ccc(CC(=O)Nc2ccc(Nc3cc(C)on3)cn2)cc1. The quantitative estimate of drug-likeness (QED) is 0.750. The maximum Gasteiger partial charge on any atom is 0.229 e. The Bertz CT molecular complexity index is 823. The van der Waals surface area contributed by atoms with E-state index in [-0.39, 0.29) is 5.91 Å². The molecule has 0 fully saturated rings. The van der Waals surface area contributed by atoms with Crippen LogP contribution in [0.3, 0.4) is 0 Å². The van der Waals surface area contributed by atoms with E-state index < -0.39 is 0 Å². The number of benzene rings is 1. The van der Waals surface area contributed by atoms with Gasteiger partial charge in [0.05, 0.1) is 18.3 Å². The Morgan fingerprint density at radius 1 is 1.08 bits per heavy atom. The van der Waals surface area contributed by atoms with Crippen LogP contribution in [0, 0.1) is 13.8 Å². The fraction of sp³-hybridized carbons (Fsp3) is 0.167. The van der Waals surface area contributed by atoms with Crippen molar-refractivity contribution in [2.24, 2.45) is 0 Å². The molecule has 0 aliphatic heterocycles. The highest BCUT2D eigenvalue weighted by Gasteiger charge is 2.06. The van der Waals surface area contributed by atoms with Gasteiger partial charge in [0.15, 0.2) is 5.82 Å². The van der Waals surface area contributed by atoms with Gasteiger partial charge in [0.1, 0.15) is 11.6 Å². The molecule has 0 saturated carbocycles. The van der Waals surface area contributed by atoms with E-state index in [1.165, 1.54) is 5.56 Å². The predicted molar refractivity (Wildman–Crippen MR) is 92.3 cm³/mol. The number of carbonyl (C=O) groups is 1. The highest BCUT2D eigenvalue weighted by atomic mass is 16.5. The third-order valence-electron chi connectivity index (χ3n) is 3.42. The van der Waals surface area contributed by atoms with Crippen LogP contribution in [0.5, 0.6) is 0 Å². The molecular weight excluding hydrogens is 304 g/mol. The summed E-state index contributed by atoms with van der Waals surface area (Å²) in [6.45, 7) is 3.84. The van der Waals surface area contributed by atoms with Crippen molar-refractivity contribution in [3.8, 4) is 0 Å². The van der Waals surface area contributed by atoms with Gasteiger partial charge in [-0.1, -0.05) is 35.0 Å². The van der Waals surface area contributed by atoms with E-state index in [0.29, 0.717) is 18.1 Å². The van der Waals surface area contributed by atoms with Crippen molar-refractivity contribution in [1.29, 1.82) is 0 Å². The molecule has 0 unspecified atom stereocenters. The summed E-state index contributed by atoms with van der Waals surface area (Å²) in [6, 6.07) is 13.2. The molecule has 1 amide bonds. The zero-order chi connectivity index (χ0) is 16.9. The molecule has 0 aliphatic rings. The van der Waals surface area contributed by atoms with Gasteiger partial charge in [-0.2, -0.15) is 0 Å². The lowest BCUT2D eigenvalue weighted by atomic mass is 10.1. The predicted octanol–water partition coefficient (Wildman–Crippen LogP) is 3.61. The molecule has 122 valence electrons. The number of amides is 1. The normalized spacial score (nSPS) is 10.4. The van der Waals surface area contributed by atoms with Crippen LogP contribution in [0.4, 0.5) is 17.3 Å². The maximum atomic E-state index is 12.1. The van der Waals surface area contributed by atoms with E-state index in [0.717, 1.165) is 17.0 Å². The summed E-state index contributed by atoms with van der Waals surface area (Å²) in [7, 11) is 0. The molecule has 3 aromatic rings. The lowest BCUT2D eigenvalue weighted by molar-refractivity contribution is -0.115. The summed E-state index contributed by atoms with van der Waals surface area (Å²) in [5, 5.41) is 9.71. The molecule has 0 aliphatic carbocycles. The fourth-order valence-electron chi connectivity index (χ4n) is 2.19. The fourth-order valence-corrected chi connectivity index (χ4v) is 2.19. The van der Waals surface area contributed by atoms with Gasteiger partial charge >= 0.3 is 0 Å². The molecular formula is C18H18N4O2. The number of pyridine rings is 1. The van der Waals surface area contributed by atoms with Crippen LogP contribution in [0.15, 0.2) is 53.2 Å². The monoisotopic (exact) mass is 322 g/mol. The van der Waals surface area contributed by atoms with Crippen LogP contribution < -0.4 is 10.6 Å². The molecule has 24 heavy (non-hydrogen) atoms. The average Bonchev–Trinajstić information content (AvgIpc) is 2.96. The van der Waals surface area contributed by atoms with Crippen molar-refractivity contribution < 1.29 is 9.32 Å². The second-order valence-corrected chi connectivity index (χ2v) is 5.59. The Kier molecular flexibility index (Phi) is 4.56. The number of aryl methyl sites for hydroxylation is 2. The first kappa shape index (κ1) is 15.7. The zero-order valence-corrected chi connectivity index (χ0v) is 13.5. The molecule has 6 heteroatoms. The Hall–Kier alpha value is -3.15. The highest BCUT2D eigenvalue weighted by molar-refractivity contribution is 5.91. The second-order valence-electron chi connectivity index (χ2n) is 5.59. The number of anilines is 3. The Balaban J connectivity index is 1.57. The van der Waals surface area contributed by atoms with E-state index >= 15 is 0 Å². The van der Waals surface area contributed by atoms with Gasteiger partial charge in [0.25, 0.3) is 0 Å². The molecule has 6 nitrogen and oxygen atoms in total. The van der Waals surface area contributed by atoms with Crippen LogP contribution in [-0.2, 0) is 11.2 Å². The number of hydrogen-bond acceptors (Lipinski definition) is 5. The van der Waals surface area contributed by atoms with Gasteiger partial charge in [0, 0.05) is 6.07 Å². The number of aromatic nitrogens is 2. The minimum Gasteiger partial charge on any atom is -0.360 e. The zero-order valence-electron chi connectivity index (χ0n) is 13.5. The van der Waals surface area contributed by atoms with Gasteiger partial charge in [-0.15, -0.1) is 0 Å². The summed E-state index contributed by atoms with van der Waals surface area (Å²) in [5.41, 5.74) is 2.91. The summed E-state index contributed by atoms with van der Waals surface area (Å²) in [6.07, 6.45) is 1.95.